The minimum absolute atomic E-state index is 0.0133. The largest absolute Gasteiger partial charge is 0.366 e. The van der Waals surface area contributed by atoms with Gasteiger partial charge in [0, 0.05) is 98.8 Å². The Bertz CT molecular complexity index is 3100. The standard InChI is InChI=1S/C61H73N11O5/c1-38(2)71-37-63-51-35-50(65-56(55(51)71)64-45-11-12-45)42-9-14-49-52(32-42)72(47-33-46(34-47)67-23-4-3-5-24-67)60(77)61(49)21-29-70(30-22-61)59(76)43-8-6-7-41(31-43)39-17-27-69(28-18-39)58(75)40-19-25-68(26-20-40)53-15-10-44(36-62-53)48-13-16-54(73)66-57(48)74/h6-10,14-15,31-32,35-40,45-48H,3-5,11-13,16-30,33-34H2,1-2H3,(H,64,65)(H,66,73,74)/t46?,47?,48-/m1/s1. The summed E-state index contributed by atoms with van der Waals surface area (Å²) in [7, 11) is 0. The number of likely N-dealkylation sites (tertiary alicyclic amines) is 3. The normalized spacial score (nSPS) is 24.4. The van der Waals surface area contributed by atoms with Gasteiger partial charge in [-0.15, -0.1) is 0 Å². The van der Waals surface area contributed by atoms with Gasteiger partial charge in [0.15, 0.2) is 5.82 Å². The molecule has 16 nitrogen and oxygen atoms in total. The van der Waals surface area contributed by atoms with Crippen molar-refractivity contribution in [2.75, 3.05) is 67.5 Å². The number of hydrogen-bond acceptors (Lipinski definition) is 11. The number of hydrogen-bond donors (Lipinski definition) is 2. The molecule has 16 heteroatoms. The molecule has 2 saturated carbocycles. The molecular formula is C61H73N11O5. The Hall–Kier alpha value is -6.68. The maximum Gasteiger partial charge on any atom is 0.253 e. The van der Waals surface area contributed by atoms with Gasteiger partial charge in [-0.2, -0.15) is 0 Å². The number of rotatable bonds is 11. The van der Waals surface area contributed by atoms with Crippen LogP contribution in [0.25, 0.3) is 22.3 Å². The van der Waals surface area contributed by atoms with Crippen molar-refractivity contribution in [1.82, 2.24) is 39.5 Å². The Kier molecular flexibility index (Phi) is 13.1. The quantitative estimate of drug-likeness (QED) is 0.122. The fourth-order valence-corrected chi connectivity index (χ4v) is 14.1. The lowest BCUT2D eigenvalue weighted by Crippen LogP contribution is -2.58. The predicted molar refractivity (Wildman–Crippen MR) is 296 cm³/mol. The Labute approximate surface area is 451 Å². The van der Waals surface area contributed by atoms with E-state index >= 15 is 4.79 Å². The van der Waals surface area contributed by atoms with Gasteiger partial charge in [0.2, 0.25) is 23.6 Å². The number of piperidine rings is 5. The molecule has 0 unspecified atom stereocenters. The Morgan fingerprint density at radius 1 is 0.753 bits per heavy atom. The number of carbonyl (C=O) groups excluding carboxylic acids is 5. The zero-order valence-corrected chi connectivity index (χ0v) is 44.8. The van der Waals surface area contributed by atoms with Crippen LogP contribution in [0.1, 0.15) is 155 Å². The molecule has 2 aromatic carbocycles. The van der Waals surface area contributed by atoms with E-state index in [2.05, 4.69) is 85.1 Å². The van der Waals surface area contributed by atoms with Crippen LogP contribution in [0, 0.1) is 5.92 Å². The van der Waals surface area contributed by atoms with Crippen molar-refractivity contribution in [2.45, 2.75) is 152 Å². The molecule has 8 aliphatic rings. The van der Waals surface area contributed by atoms with E-state index in [1.807, 2.05) is 40.4 Å². The second kappa shape index (κ2) is 20.3. The Morgan fingerprint density at radius 3 is 2.25 bits per heavy atom. The summed E-state index contributed by atoms with van der Waals surface area (Å²) in [6.07, 6.45) is 16.9. The first-order chi connectivity index (χ1) is 37.5. The molecule has 5 saturated heterocycles. The third-order valence-electron chi connectivity index (χ3n) is 19.0. The molecule has 5 amide bonds. The summed E-state index contributed by atoms with van der Waals surface area (Å²) < 4.78 is 2.20. The number of carbonyl (C=O) groups is 5. The first-order valence-electron chi connectivity index (χ1n) is 29.1. The molecule has 2 aliphatic carbocycles. The molecule has 0 bridgehead atoms. The summed E-state index contributed by atoms with van der Waals surface area (Å²) in [6, 6.07) is 22.0. The van der Waals surface area contributed by atoms with Crippen molar-refractivity contribution in [3.63, 3.8) is 0 Å². The molecule has 7 fully saturated rings. The van der Waals surface area contributed by atoms with Crippen LogP contribution in [-0.2, 0) is 24.6 Å². The molecule has 13 rings (SSSR count). The van der Waals surface area contributed by atoms with Crippen LogP contribution in [0.3, 0.4) is 0 Å². The van der Waals surface area contributed by atoms with Crippen molar-refractivity contribution in [3.8, 4) is 11.3 Å². The fraction of sp³-hybridized carbons (Fsp3) is 0.541. The molecule has 6 aliphatic heterocycles. The lowest BCUT2D eigenvalue weighted by atomic mass is 9.73. The number of benzene rings is 2. The lowest BCUT2D eigenvalue weighted by molar-refractivity contribution is -0.137. The molecule has 5 aromatic rings. The number of nitrogens with one attached hydrogen (secondary N) is 2. The Balaban J connectivity index is 0.658. The molecule has 2 N–H and O–H groups in total. The van der Waals surface area contributed by atoms with Crippen LogP contribution in [-0.4, -0.2) is 134 Å². The van der Waals surface area contributed by atoms with Crippen molar-refractivity contribution in [2.24, 2.45) is 5.92 Å². The molecular weight excluding hydrogens is 967 g/mol. The highest BCUT2D eigenvalue weighted by Crippen LogP contribution is 2.52. The second-order valence-corrected chi connectivity index (χ2v) is 24.0. The molecule has 9 heterocycles. The molecule has 0 radical (unpaired) electrons. The average Bonchev–Trinajstić information content (AvgIpc) is 4.29. The van der Waals surface area contributed by atoms with Crippen molar-refractivity contribution in [1.29, 1.82) is 0 Å². The second-order valence-electron chi connectivity index (χ2n) is 24.0. The highest BCUT2D eigenvalue weighted by molar-refractivity contribution is 6.10. The fourth-order valence-electron chi connectivity index (χ4n) is 14.1. The van der Waals surface area contributed by atoms with Crippen molar-refractivity contribution < 1.29 is 24.0 Å². The predicted octanol–water partition coefficient (Wildman–Crippen LogP) is 8.33. The van der Waals surface area contributed by atoms with E-state index in [0.29, 0.717) is 69.5 Å². The van der Waals surface area contributed by atoms with Crippen LogP contribution in [0.4, 0.5) is 17.3 Å². The zero-order valence-electron chi connectivity index (χ0n) is 44.8. The first-order valence-corrected chi connectivity index (χ1v) is 29.1. The summed E-state index contributed by atoms with van der Waals surface area (Å²) >= 11 is 0. The average molecular weight is 1040 g/mol. The number of fused-ring (bicyclic) bond motifs is 3. The highest BCUT2D eigenvalue weighted by atomic mass is 16.2. The van der Waals surface area contributed by atoms with Gasteiger partial charge in [-0.25, -0.2) is 15.0 Å². The summed E-state index contributed by atoms with van der Waals surface area (Å²) in [5.74, 6) is 1.54. The maximum atomic E-state index is 15.3. The zero-order chi connectivity index (χ0) is 52.5. The highest BCUT2D eigenvalue weighted by Gasteiger charge is 2.56. The van der Waals surface area contributed by atoms with E-state index in [0.717, 1.165) is 134 Å². The SMILES string of the molecule is CC(C)n1cnc2cc(-c3ccc4c(c3)N(C3CC(N5CCCCC5)C3)C(=O)C43CCN(C(=O)c4cccc(C5CCN(C(=O)C6CCN(c7ccc([C@H]8CCC(=O)NC8=O)cn7)CC6)CC5)c4)CC3)nc(NC3CC3)c21. The lowest BCUT2D eigenvalue weighted by Gasteiger charge is -2.48. The van der Waals surface area contributed by atoms with Crippen LogP contribution in [0.15, 0.2) is 73.2 Å². The first kappa shape index (κ1) is 49.9. The molecule has 1 spiro atoms. The number of anilines is 3. The van der Waals surface area contributed by atoms with E-state index in [-0.39, 0.29) is 59.4 Å². The summed E-state index contributed by atoms with van der Waals surface area (Å²) in [6.45, 7) is 10.5. The van der Waals surface area contributed by atoms with E-state index in [4.69, 9.17) is 9.97 Å². The third-order valence-corrected chi connectivity index (χ3v) is 19.0. The van der Waals surface area contributed by atoms with Gasteiger partial charge in [0.25, 0.3) is 5.91 Å². The van der Waals surface area contributed by atoms with Crippen LogP contribution < -0.4 is 20.4 Å². The van der Waals surface area contributed by atoms with Crippen molar-refractivity contribution >= 4 is 57.9 Å². The maximum absolute atomic E-state index is 15.3. The van der Waals surface area contributed by atoms with E-state index in [1.54, 1.807) is 6.20 Å². The summed E-state index contributed by atoms with van der Waals surface area (Å²) in [4.78, 5) is 93.5. The molecule has 77 heavy (non-hydrogen) atoms. The number of nitrogens with zero attached hydrogens (tertiary/aromatic N) is 9. The van der Waals surface area contributed by atoms with Gasteiger partial charge in [-0.3, -0.25) is 29.3 Å². The van der Waals surface area contributed by atoms with Gasteiger partial charge in [-0.05, 0) is 163 Å². The van der Waals surface area contributed by atoms with Gasteiger partial charge >= 0.3 is 0 Å². The number of imide groups is 1. The van der Waals surface area contributed by atoms with Gasteiger partial charge < -0.3 is 34.4 Å². The minimum atomic E-state index is -0.693. The summed E-state index contributed by atoms with van der Waals surface area (Å²) in [5, 5.41) is 6.14. The van der Waals surface area contributed by atoms with Gasteiger partial charge in [0.05, 0.1) is 28.9 Å². The Morgan fingerprint density at radius 2 is 1.53 bits per heavy atom. The van der Waals surface area contributed by atoms with E-state index in [9.17, 15) is 19.2 Å². The van der Waals surface area contributed by atoms with Crippen molar-refractivity contribution in [3.05, 3.63) is 95.4 Å². The smallest absolute Gasteiger partial charge is 0.253 e. The number of imidazole rings is 1. The number of amides is 5. The topological polar surface area (TPSA) is 169 Å². The van der Waals surface area contributed by atoms with Gasteiger partial charge in [0.1, 0.15) is 11.3 Å². The van der Waals surface area contributed by atoms with E-state index < -0.39 is 5.41 Å². The minimum Gasteiger partial charge on any atom is -0.366 e. The summed E-state index contributed by atoms with van der Waals surface area (Å²) in [5.41, 5.74) is 7.84. The van der Waals surface area contributed by atoms with Gasteiger partial charge in [-0.1, -0.05) is 36.8 Å². The number of pyridine rings is 2. The monoisotopic (exact) mass is 1040 g/mol. The van der Waals surface area contributed by atoms with Crippen LogP contribution in [0.5, 0.6) is 0 Å². The van der Waals surface area contributed by atoms with Crippen LogP contribution in [0.2, 0.25) is 0 Å². The molecule has 402 valence electrons. The van der Waals surface area contributed by atoms with E-state index in [1.165, 1.54) is 19.3 Å². The van der Waals surface area contributed by atoms with Crippen LogP contribution >= 0.6 is 0 Å². The molecule has 1 atom stereocenters. The third kappa shape index (κ3) is 9.35. The number of aromatic nitrogens is 4. The molecule has 3 aromatic heterocycles.